The van der Waals surface area contributed by atoms with E-state index < -0.39 is 0 Å². The van der Waals surface area contributed by atoms with Crippen molar-refractivity contribution in [1.82, 2.24) is 9.97 Å². The molecule has 0 radical (unpaired) electrons. The van der Waals surface area contributed by atoms with Crippen molar-refractivity contribution in [2.45, 2.75) is 6.42 Å². The van der Waals surface area contributed by atoms with E-state index >= 15 is 0 Å². The molecule has 15 heavy (non-hydrogen) atoms. The van der Waals surface area contributed by atoms with Crippen molar-refractivity contribution in [1.29, 1.82) is 5.26 Å². The summed E-state index contributed by atoms with van der Waals surface area (Å²) in [5.41, 5.74) is 2.27. The molecule has 0 amide bonds. The number of hydrogen-bond acceptors (Lipinski definition) is 3. The molecule has 0 aliphatic heterocycles. The monoisotopic (exact) mass is 195 g/mol. The third-order valence-corrected chi connectivity index (χ3v) is 2.01. The lowest BCUT2D eigenvalue weighted by Gasteiger charge is -1.99. The van der Waals surface area contributed by atoms with Crippen molar-refractivity contribution >= 4 is 0 Å². The van der Waals surface area contributed by atoms with E-state index in [0.29, 0.717) is 12.1 Å². The van der Waals surface area contributed by atoms with E-state index in [2.05, 4.69) is 9.97 Å². The Labute approximate surface area is 88.1 Å². The zero-order valence-electron chi connectivity index (χ0n) is 8.09. The minimum absolute atomic E-state index is 0.448. The summed E-state index contributed by atoms with van der Waals surface area (Å²) in [6.07, 6.45) is 2.42. The zero-order chi connectivity index (χ0) is 10.5. The Hall–Kier alpha value is -2.21. The van der Waals surface area contributed by atoms with Crippen molar-refractivity contribution < 1.29 is 0 Å². The fourth-order valence-corrected chi connectivity index (χ4v) is 1.33. The molecular weight excluding hydrogens is 186 g/mol. The normalized spacial score (nSPS) is 9.53. The van der Waals surface area contributed by atoms with E-state index in [9.17, 15) is 0 Å². The Morgan fingerprint density at radius 3 is 2.67 bits per heavy atom. The molecule has 2 heterocycles. The van der Waals surface area contributed by atoms with Crippen LogP contribution in [0.15, 0.2) is 42.6 Å². The predicted molar refractivity (Wildman–Crippen MR) is 56.0 cm³/mol. The van der Waals surface area contributed by atoms with Gasteiger partial charge >= 0.3 is 0 Å². The van der Waals surface area contributed by atoms with E-state index in [0.717, 1.165) is 11.4 Å². The highest BCUT2D eigenvalue weighted by molar-refractivity contribution is 5.24. The van der Waals surface area contributed by atoms with Crippen LogP contribution in [-0.2, 0) is 6.42 Å². The molecule has 3 nitrogen and oxygen atoms in total. The zero-order valence-corrected chi connectivity index (χ0v) is 8.09. The first-order valence-electron chi connectivity index (χ1n) is 4.64. The van der Waals surface area contributed by atoms with E-state index in [1.807, 2.05) is 36.4 Å². The van der Waals surface area contributed by atoms with Crippen LogP contribution in [0.25, 0.3) is 0 Å². The second-order valence-corrected chi connectivity index (χ2v) is 3.12. The molecule has 72 valence electrons. The Morgan fingerprint density at radius 2 is 1.93 bits per heavy atom. The van der Waals surface area contributed by atoms with E-state index in [4.69, 9.17) is 5.26 Å². The SMILES string of the molecule is N#Cc1cccc(Cc2ccccn2)n1. The Kier molecular flexibility index (Phi) is 2.70. The lowest BCUT2D eigenvalue weighted by Crippen LogP contribution is -1.95. The number of rotatable bonds is 2. The van der Waals surface area contributed by atoms with Gasteiger partial charge in [-0.2, -0.15) is 5.26 Å². The molecular formula is C12H9N3. The van der Waals surface area contributed by atoms with Gasteiger partial charge in [0.1, 0.15) is 11.8 Å². The van der Waals surface area contributed by atoms with Crippen molar-refractivity contribution in [3.8, 4) is 6.07 Å². The largest absolute Gasteiger partial charge is 0.261 e. The number of hydrogen-bond donors (Lipinski definition) is 0. The number of nitrogens with zero attached hydrogens (tertiary/aromatic N) is 3. The summed E-state index contributed by atoms with van der Waals surface area (Å²) in [6.45, 7) is 0. The molecule has 0 aromatic carbocycles. The molecule has 2 aromatic rings. The van der Waals surface area contributed by atoms with Gasteiger partial charge in [0.15, 0.2) is 0 Å². The number of nitriles is 1. The van der Waals surface area contributed by atoms with Crippen LogP contribution in [0, 0.1) is 11.3 Å². The summed E-state index contributed by atoms with van der Waals surface area (Å²) in [5.74, 6) is 0. The molecule has 0 atom stereocenters. The quantitative estimate of drug-likeness (QED) is 0.735. The summed E-state index contributed by atoms with van der Waals surface area (Å²) in [5, 5.41) is 8.70. The lowest BCUT2D eigenvalue weighted by molar-refractivity contribution is 1.00. The Bertz CT molecular complexity index is 486. The van der Waals surface area contributed by atoms with Gasteiger partial charge in [-0.05, 0) is 24.3 Å². The van der Waals surface area contributed by atoms with Gasteiger partial charge in [-0.15, -0.1) is 0 Å². The van der Waals surface area contributed by atoms with Crippen LogP contribution in [0.3, 0.4) is 0 Å². The van der Waals surface area contributed by atoms with E-state index in [1.54, 1.807) is 12.3 Å². The van der Waals surface area contributed by atoms with Gasteiger partial charge in [-0.3, -0.25) is 4.98 Å². The minimum atomic E-state index is 0.448. The van der Waals surface area contributed by atoms with Crippen molar-refractivity contribution in [2.24, 2.45) is 0 Å². The van der Waals surface area contributed by atoms with Crippen LogP contribution >= 0.6 is 0 Å². The van der Waals surface area contributed by atoms with Crippen molar-refractivity contribution in [2.75, 3.05) is 0 Å². The Morgan fingerprint density at radius 1 is 1.07 bits per heavy atom. The second kappa shape index (κ2) is 4.34. The molecule has 0 spiro atoms. The fourth-order valence-electron chi connectivity index (χ4n) is 1.33. The summed E-state index contributed by atoms with van der Waals surface area (Å²) in [7, 11) is 0. The molecule has 0 unspecified atom stereocenters. The summed E-state index contributed by atoms with van der Waals surface area (Å²) < 4.78 is 0. The number of aromatic nitrogens is 2. The molecule has 0 saturated carbocycles. The minimum Gasteiger partial charge on any atom is -0.261 e. The molecule has 0 aliphatic carbocycles. The highest BCUT2D eigenvalue weighted by atomic mass is 14.7. The molecule has 3 heteroatoms. The third-order valence-electron chi connectivity index (χ3n) is 2.01. The Balaban J connectivity index is 2.22. The molecule has 0 fully saturated rings. The van der Waals surface area contributed by atoms with Crippen LogP contribution in [0.4, 0.5) is 0 Å². The van der Waals surface area contributed by atoms with Crippen LogP contribution in [0.5, 0.6) is 0 Å². The van der Waals surface area contributed by atoms with Gasteiger partial charge in [0.05, 0.1) is 0 Å². The van der Waals surface area contributed by atoms with Gasteiger partial charge in [-0.1, -0.05) is 12.1 Å². The molecule has 0 bridgehead atoms. The molecule has 2 aromatic heterocycles. The topological polar surface area (TPSA) is 49.6 Å². The molecule has 0 N–H and O–H groups in total. The van der Waals surface area contributed by atoms with Crippen LogP contribution in [0.1, 0.15) is 17.1 Å². The smallest absolute Gasteiger partial charge is 0.140 e. The van der Waals surface area contributed by atoms with Crippen molar-refractivity contribution in [3.05, 3.63) is 59.7 Å². The van der Waals surface area contributed by atoms with E-state index in [1.165, 1.54) is 0 Å². The maximum Gasteiger partial charge on any atom is 0.140 e. The second-order valence-electron chi connectivity index (χ2n) is 3.12. The fraction of sp³-hybridized carbons (Fsp3) is 0.0833. The predicted octanol–water partition coefficient (Wildman–Crippen LogP) is 1.94. The van der Waals surface area contributed by atoms with Crippen molar-refractivity contribution in [3.63, 3.8) is 0 Å². The van der Waals surface area contributed by atoms with Gasteiger partial charge in [-0.25, -0.2) is 4.98 Å². The lowest BCUT2D eigenvalue weighted by atomic mass is 10.2. The first-order chi connectivity index (χ1) is 7.38. The molecule has 0 saturated heterocycles. The van der Waals surface area contributed by atoms with Crippen LogP contribution in [0.2, 0.25) is 0 Å². The van der Waals surface area contributed by atoms with Gasteiger partial charge in [0.25, 0.3) is 0 Å². The third kappa shape index (κ3) is 2.38. The summed E-state index contributed by atoms with van der Waals surface area (Å²) in [6, 6.07) is 13.2. The average Bonchev–Trinajstić information content (AvgIpc) is 2.31. The van der Waals surface area contributed by atoms with Gasteiger partial charge in [0.2, 0.25) is 0 Å². The maximum absolute atomic E-state index is 8.70. The van der Waals surface area contributed by atoms with Gasteiger partial charge in [0, 0.05) is 24.0 Å². The van der Waals surface area contributed by atoms with Crippen LogP contribution < -0.4 is 0 Å². The average molecular weight is 195 g/mol. The summed E-state index contributed by atoms with van der Waals surface area (Å²) in [4.78, 5) is 8.39. The first kappa shape index (κ1) is 9.35. The standard InChI is InChI=1S/C12H9N3/c13-9-12-6-3-5-11(15-12)8-10-4-1-2-7-14-10/h1-7H,8H2. The van der Waals surface area contributed by atoms with Gasteiger partial charge < -0.3 is 0 Å². The summed E-state index contributed by atoms with van der Waals surface area (Å²) >= 11 is 0. The maximum atomic E-state index is 8.70. The highest BCUT2D eigenvalue weighted by Crippen LogP contribution is 2.04. The van der Waals surface area contributed by atoms with E-state index in [-0.39, 0.29) is 0 Å². The number of pyridine rings is 2. The molecule has 0 aliphatic rings. The highest BCUT2D eigenvalue weighted by Gasteiger charge is 1.99. The first-order valence-corrected chi connectivity index (χ1v) is 4.64. The molecule has 2 rings (SSSR count). The van der Waals surface area contributed by atoms with Crippen LogP contribution in [-0.4, -0.2) is 9.97 Å².